The van der Waals surface area contributed by atoms with Gasteiger partial charge < -0.3 is 15.2 Å². The second-order valence-corrected chi connectivity index (χ2v) is 5.59. The molecule has 7 nitrogen and oxygen atoms in total. The number of piperazine rings is 1. The Morgan fingerprint density at radius 3 is 2.95 bits per heavy atom. The normalized spacial score (nSPS) is 19.0. The summed E-state index contributed by atoms with van der Waals surface area (Å²) in [5, 5.41) is 10.2. The van der Waals surface area contributed by atoms with E-state index in [1.165, 1.54) is 0 Å². The third kappa shape index (κ3) is 2.54. The van der Waals surface area contributed by atoms with Gasteiger partial charge in [-0.3, -0.25) is 9.89 Å². The van der Waals surface area contributed by atoms with Crippen LogP contribution in [0.3, 0.4) is 0 Å². The number of hydrogen-bond donors (Lipinski definition) is 3. The number of aryl methyl sites for hydroxylation is 1. The number of rotatable bonds is 2. The molecular formula is C13H17ClN6O. The maximum Gasteiger partial charge on any atom is 0.272 e. The summed E-state index contributed by atoms with van der Waals surface area (Å²) in [6.45, 7) is 6.40. The summed E-state index contributed by atoms with van der Waals surface area (Å²) in [4.78, 5) is 21.5. The molecule has 8 heteroatoms. The van der Waals surface area contributed by atoms with E-state index in [-0.39, 0.29) is 16.6 Å². The van der Waals surface area contributed by atoms with Gasteiger partial charge in [0.2, 0.25) is 0 Å². The van der Waals surface area contributed by atoms with Crippen LogP contribution in [0.2, 0.25) is 5.02 Å². The molecule has 2 aromatic rings. The zero-order valence-corrected chi connectivity index (χ0v) is 12.7. The van der Waals surface area contributed by atoms with E-state index in [0.717, 1.165) is 30.9 Å². The summed E-state index contributed by atoms with van der Waals surface area (Å²) in [6.07, 6.45) is 1.65. The Morgan fingerprint density at radius 1 is 1.48 bits per heavy atom. The third-order valence-electron chi connectivity index (χ3n) is 3.70. The Hall–Kier alpha value is -1.86. The first-order chi connectivity index (χ1) is 10.1. The highest BCUT2D eigenvalue weighted by Crippen LogP contribution is 2.26. The second-order valence-electron chi connectivity index (χ2n) is 5.21. The molecule has 0 spiro atoms. The Morgan fingerprint density at radius 2 is 2.29 bits per heavy atom. The predicted octanol–water partition coefficient (Wildman–Crippen LogP) is 0.920. The van der Waals surface area contributed by atoms with Crippen LogP contribution in [0.25, 0.3) is 11.4 Å². The number of aromatic nitrogens is 4. The van der Waals surface area contributed by atoms with Crippen LogP contribution in [-0.2, 0) is 0 Å². The number of hydrogen-bond acceptors (Lipinski definition) is 5. The molecule has 1 saturated heterocycles. The van der Waals surface area contributed by atoms with Gasteiger partial charge in [-0.15, -0.1) is 0 Å². The summed E-state index contributed by atoms with van der Waals surface area (Å²) in [7, 11) is 0. The van der Waals surface area contributed by atoms with Crippen LogP contribution in [0.5, 0.6) is 0 Å². The quantitative estimate of drug-likeness (QED) is 0.767. The number of nitrogens with one attached hydrogen (secondary N) is 3. The summed E-state index contributed by atoms with van der Waals surface area (Å²) in [5.74, 6) is 1.02. The van der Waals surface area contributed by atoms with E-state index in [2.05, 4.69) is 37.3 Å². The maximum atomic E-state index is 12.1. The fourth-order valence-electron chi connectivity index (χ4n) is 2.51. The molecule has 21 heavy (non-hydrogen) atoms. The Kier molecular flexibility index (Phi) is 3.69. The fraction of sp³-hybridized carbons (Fsp3) is 0.462. The lowest BCUT2D eigenvalue weighted by Crippen LogP contribution is -2.50. The maximum absolute atomic E-state index is 12.1. The predicted molar refractivity (Wildman–Crippen MR) is 81.9 cm³/mol. The highest BCUT2D eigenvalue weighted by atomic mass is 35.5. The minimum atomic E-state index is -0.331. The van der Waals surface area contributed by atoms with Crippen LogP contribution in [0.1, 0.15) is 12.6 Å². The summed E-state index contributed by atoms with van der Waals surface area (Å²) in [6, 6.07) is 0.226. The lowest BCUT2D eigenvalue weighted by Gasteiger charge is -2.35. The standard InChI is InChI=1S/C13H17ClN6O/c1-7-5-15-3-4-20(7)12-10(14)13(21)18-11(17-12)9-6-16-19-8(9)2/h6-7,15H,3-5H2,1-2H3,(H,16,19)(H,17,18,21)/t7-/m1/s1. The van der Waals surface area contributed by atoms with Crippen molar-refractivity contribution in [3.8, 4) is 11.4 Å². The van der Waals surface area contributed by atoms with Crippen molar-refractivity contribution >= 4 is 17.4 Å². The van der Waals surface area contributed by atoms with Crippen molar-refractivity contribution in [3.63, 3.8) is 0 Å². The van der Waals surface area contributed by atoms with Gasteiger partial charge in [0, 0.05) is 31.4 Å². The van der Waals surface area contributed by atoms with Crippen LogP contribution in [0, 0.1) is 6.92 Å². The van der Waals surface area contributed by atoms with Gasteiger partial charge in [0.05, 0.1) is 11.8 Å². The van der Waals surface area contributed by atoms with Crippen molar-refractivity contribution < 1.29 is 0 Å². The molecule has 0 aliphatic carbocycles. The number of H-pyrrole nitrogens is 2. The molecule has 0 amide bonds. The molecule has 0 unspecified atom stereocenters. The van der Waals surface area contributed by atoms with Gasteiger partial charge in [-0.2, -0.15) is 5.10 Å². The largest absolute Gasteiger partial charge is 0.350 e. The minimum Gasteiger partial charge on any atom is -0.350 e. The first-order valence-electron chi connectivity index (χ1n) is 6.85. The average Bonchev–Trinajstić information content (AvgIpc) is 2.89. The monoisotopic (exact) mass is 308 g/mol. The van der Waals surface area contributed by atoms with Gasteiger partial charge in [0.1, 0.15) is 10.8 Å². The first kappa shape index (κ1) is 14.1. The molecule has 1 aliphatic rings. The molecule has 1 aliphatic heterocycles. The molecule has 3 N–H and O–H groups in total. The summed E-state index contributed by atoms with van der Waals surface area (Å²) < 4.78 is 0. The highest BCUT2D eigenvalue weighted by molar-refractivity contribution is 6.32. The van der Waals surface area contributed by atoms with Crippen molar-refractivity contribution in [1.82, 2.24) is 25.5 Å². The first-order valence-corrected chi connectivity index (χ1v) is 7.23. The van der Waals surface area contributed by atoms with E-state index < -0.39 is 0 Å². The average molecular weight is 309 g/mol. The lowest BCUT2D eigenvalue weighted by atomic mass is 10.2. The van der Waals surface area contributed by atoms with E-state index in [1.54, 1.807) is 6.20 Å². The van der Waals surface area contributed by atoms with Gasteiger partial charge in [0.15, 0.2) is 5.82 Å². The molecule has 0 aromatic carbocycles. The zero-order valence-electron chi connectivity index (χ0n) is 11.9. The third-order valence-corrected chi connectivity index (χ3v) is 4.04. The van der Waals surface area contributed by atoms with Gasteiger partial charge >= 0.3 is 0 Å². The lowest BCUT2D eigenvalue weighted by molar-refractivity contribution is 0.497. The molecule has 1 atom stereocenters. The van der Waals surface area contributed by atoms with Gasteiger partial charge in [-0.25, -0.2) is 4.98 Å². The van der Waals surface area contributed by atoms with Gasteiger partial charge in [-0.1, -0.05) is 11.6 Å². The molecule has 3 heterocycles. The Balaban J connectivity index is 2.10. The number of nitrogens with zero attached hydrogens (tertiary/aromatic N) is 3. The van der Waals surface area contributed by atoms with E-state index in [4.69, 9.17) is 11.6 Å². The second kappa shape index (κ2) is 5.50. The molecule has 112 valence electrons. The van der Waals surface area contributed by atoms with Gasteiger partial charge in [0.25, 0.3) is 5.56 Å². The molecule has 0 saturated carbocycles. The summed E-state index contributed by atoms with van der Waals surface area (Å²) >= 11 is 6.17. The molecule has 0 radical (unpaired) electrons. The van der Waals surface area contributed by atoms with Crippen LogP contribution in [-0.4, -0.2) is 45.8 Å². The molecule has 0 bridgehead atoms. The van der Waals surface area contributed by atoms with Crippen LogP contribution >= 0.6 is 11.6 Å². The Labute approximate surface area is 126 Å². The SMILES string of the molecule is Cc1[nH]ncc1-c1nc(N2CCNC[C@H]2C)c(Cl)c(=O)[nH]1. The van der Waals surface area contributed by atoms with E-state index in [0.29, 0.717) is 11.6 Å². The summed E-state index contributed by atoms with van der Waals surface area (Å²) in [5.41, 5.74) is 1.29. The van der Waals surface area contributed by atoms with Crippen LogP contribution in [0.4, 0.5) is 5.82 Å². The molecule has 2 aromatic heterocycles. The van der Waals surface area contributed by atoms with E-state index in [1.807, 2.05) is 6.92 Å². The molecular weight excluding hydrogens is 292 g/mol. The zero-order chi connectivity index (χ0) is 15.0. The minimum absolute atomic E-state index is 0.133. The molecule has 1 fully saturated rings. The van der Waals surface area contributed by atoms with Crippen molar-refractivity contribution in [2.24, 2.45) is 0 Å². The smallest absolute Gasteiger partial charge is 0.272 e. The fourth-order valence-corrected chi connectivity index (χ4v) is 2.71. The van der Waals surface area contributed by atoms with Crippen LogP contribution in [0.15, 0.2) is 11.0 Å². The van der Waals surface area contributed by atoms with Gasteiger partial charge in [-0.05, 0) is 13.8 Å². The topological polar surface area (TPSA) is 89.7 Å². The molecule has 3 rings (SSSR count). The van der Waals surface area contributed by atoms with Crippen LogP contribution < -0.4 is 15.8 Å². The van der Waals surface area contributed by atoms with Crippen molar-refractivity contribution in [1.29, 1.82) is 0 Å². The number of anilines is 1. The highest BCUT2D eigenvalue weighted by Gasteiger charge is 2.24. The van der Waals surface area contributed by atoms with Crippen molar-refractivity contribution in [3.05, 3.63) is 27.3 Å². The number of halogens is 1. The van der Waals surface area contributed by atoms with Crippen molar-refractivity contribution in [2.45, 2.75) is 19.9 Å². The number of aromatic amines is 2. The van der Waals surface area contributed by atoms with E-state index in [9.17, 15) is 4.79 Å². The van der Waals surface area contributed by atoms with Crippen molar-refractivity contribution in [2.75, 3.05) is 24.5 Å². The van der Waals surface area contributed by atoms with E-state index >= 15 is 0 Å². The Bertz CT molecular complexity index is 709.